The highest BCUT2D eigenvalue weighted by Crippen LogP contribution is 2.21. The van der Waals surface area contributed by atoms with E-state index in [0.717, 1.165) is 24.3 Å². The fraction of sp³-hybridized carbons (Fsp3) is 0.111. The fourth-order valence-corrected chi connectivity index (χ4v) is 1.03. The van der Waals surface area contributed by atoms with E-state index in [4.69, 9.17) is 5.53 Å². The zero-order valence-corrected chi connectivity index (χ0v) is 8.92. The third-order valence-electron chi connectivity index (χ3n) is 1.80. The number of rotatable bonds is 3. The molecule has 0 saturated heterocycles. The summed E-state index contributed by atoms with van der Waals surface area (Å²) in [7, 11) is 0. The van der Waals surface area contributed by atoms with E-state index in [2.05, 4.69) is 4.74 Å². The summed E-state index contributed by atoms with van der Waals surface area (Å²) in [4.78, 5) is 22.5. The Bertz CT molecular complexity index is 578. The van der Waals surface area contributed by atoms with E-state index in [-0.39, 0.29) is 0 Å². The van der Waals surface area contributed by atoms with Gasteiger partial charge in [0.05, 0.1) is 11.0 Å². The quantitative estimate of drug-likeness (QED) is 0.159. The molecule has 0 amide bonds. The molecule has 1 rings (SSSR count). The van der Waals surface area contributed by atoms with Gasteiger partial charge in [-0.05, 0) is 6.07 Å². The summed E-state index contributed by atoms with van der Waals surface area (Å²) in [5, 5.41) is 10.4. The molecule has 0 aliphatic carbocycles. The van der Waals surface area contributed by atoms with Gasteiger partial charge in [-0.3, -0.25) is 10.1 Å². The average Bonchev–Trinajstić information content (AvgIpc) is 2.28. The first-order valence-electron chi connectivity index (χ1n) is 4.51. The summed E-state index contributed by atoms with van der Waals surface area (Å²) < 4.78 is 40.8. The number of non-ortho nitro benzene ring substituents is 1. The summed E-state index contributed by atoms with van der Waals surface area (Å²) in [6.45, 7) is 0. The van der Waals surface area contributed by atoms with Gasteiger partial charge >= 0.3 is 17.9 Å². The molecule has 19 heavy (non-hydrogen) atoms. The summed E-state index contributed by atoms with van der Waals surface area (Å²) in [6, 6.07) is 3.96. The minimum atomic E-state index is -5.20. The molecule has 0 bridgehead atoms. The first-order valence-corrected chi connectivity index (χ1v) is 4.51. The second-order valence-corrected chi connectivity index (χ2v) is 3.09. The van der Waals surface area contributed by atoms with E-state index in [1.807, 2.05) is 0 Å². The number of esters is 1. The number of benzene rings is 1. The maximum Gasteiger partial charge on any atom is 0.503 e. The predicted octanol–water partition coefficient (Wildman–Crippen LogP) is 1.73. The molecule has 0 fully saturated rings. The number of nitrogens with zero attached hydrogens (tertiary/aromatic N) is 3. The van der Waals surface area contributed by atoms with Crippen molar-refractivity contribution in [2.45, 2.75) is 6.18 Å². The van der Waals surface area contributed by atoms with Crippen molar-refractivity contribution in [2.24, 2.45) is 0 Å². The van der Waals surface area contributed by atoms with Gasteiger partial charge in [0.25, 0.3) is 5.69 Å². The van der Waals surface area contributed by atoms with E-state index in [9.17, 15) is 28.1 Å². The molecule has 1 aromatic carbocycles. The molecule has 0 aromatic heterocycles. The van der Waals surface area contributed by atoms with Crippen LogP contribution in [0.15, 0.2) is 24.3 Å². The van der Waals surface area contributed by atoms with Gasteiger partial charge in [-0.15, -0.1) is 0 Å². The number of halogens is 3. The highest BCUT2D eigenvalue weighted by Gasteiger charge is 2.51. The molecule has 0 atom stereocenters. The van der Waals surface area contributed by atoms with Crippen LogP contribution in [0.25, 0.3) is 5.53 Å². The Morgan fingerprint density at radius 1 is 1.42 bits per heavy atom. The topological polar surface area (TPSA) is 106 Å². The minimum absolute atomic E-state index is 0.472. The van der Waals surface area contributed by atoms with Gasteiger partial charge in [0, 0.05) is 6.07 Å². The van der Waals surface area contributed by atoms with Gasteiger partial charge in [-0.25, -0.2) is 4.79 Å². The predicted molar refractivity (Wildman–Crippen MR) is 53.4 cm³/mol. The molecule has 0 aliphatic heterocycles. The molecule has 7 nitrogen and oxygen atoms in total. The van der Waals surface area contributed by atoms with Crippen LogP contribution in [0.5, 0.6) is 5.75 Å². The molecular weight excluding hydrogens is 271 g/mol. The van der Waals surface area contributed by atoms with E-state index in [1.165, 1.54) is 0 Å². The third kappa shape index (κ3) is 3.61. The molecule has 0 radical (unpaired) electrons. The van der Waals surface area contributed by atoms with E-state index in [1.54, 1.807) is 4.79 Å². The number of hydrogen-bond donors (Lipinski definition) is 0. The van der Waals surface area contributed by atoms with Gasteiger partial charge in [0.15, 0.2) is 0 Å². The summed E-state index contributed by atoms with van der Waals surface area (Å²) >= 11 is 0. The molecular formula is C9H4F3N3O4. The Labute approximate surface area is 103 Å². The van der Waals surface area contributed by atoms with Crippen LogP contribution in [0.1, 0.15) is 0 Å². The van der Waals surface area contributed by atoms with Crippen molar-refractivity contribution in [3.8, 4) is 5.75 Å². The lowest BCUT2D eigenvalue weighted by atomic mass is 10.3. The number of nitro groups is 1. The molecule has 0 heterocycles. The van der Waals surface area contributed by atoms with Crippen molar-refractivity contribution >= 4 is 17.4 Å². The molecule has 0 spiro atoms. The van der Waals surface area contributed by atoms with Crippen molar-refractivity contribution in [1.82, 2.24) is 0 Å². The Hall–Kier alpha value is -2.74. The van der Waals surface area contributed by atoms with Gasteiger partial charge in [-0.2, -0.15) is 18.0 Å². The molecule has 0 saturated carbocycles. The fourth-order valence-electron chi connectivity index (χ4n) is 1.03. The Morgan fingerprint density at radius 3 is 2.53 bits per heavy atom. The molecule has 1 aromatic rings. The molecule has 10 heteroatoms. The Balaban J connectivity index is 2.97. The van der Waals surface area contributed by atoms with Crippen molar-refractivity contribution in [3.05, 3.63) is 39.9 Å². The lowest BCUT2D eigenvalue weighted by Crippen LogP contribution is -2.35. The second-order valence-electron chi connectivity index (χ2n) is 3.09. The molecule has 100 valence electrons. The number of carbonyl (C=O) groups excluding carboxylic acids is 1. The second kappa shape index (κ2) is 5.27. The van der Waals surface area contributed by atoms with Gasteiger partial charge in [-0.1, -0.05) is 6.07 Å². The largest absolute Gasteiger partial charge is 0.503 e. The zero-order valence-electron chi connectivity index (χ0n) is 8.92. The smallest absolute Gasteiger partial charge is 0.417 e. The van der Waals surface area contributed by atoms with Gasteiger partial charge in [0.1, 0.15) is 5.75 Å². The first-order chi connectivity index (χ1) is 8.75. The van der Waals surface area contributed by atoms with Gasteiger partial charge in [0.2, 0.25) is 0 Å². The highest BCUT2D eigenvalue weighted by molar-refractivity contribution is 6.36. The molecule has 0 unspecified atom stereocenters. The standard InChI is InChI=1S/C9H4F3N3O4/c10-9(11,12)7(14-13)8(16)19-6-3-1-2-5(4-6)15(17)18/h1-4H. The number of nitro benzene ring substituents is 1. The van der Waals surface area contributed by atoms with Crippen LogP contribution < -0.4 is 4.74 Å². The third-order valence-corrected chi connectivity index (χ3v) is 1.80. The average molecular weight is 275 g/mol. The Kier molecular flexibility index (Phi) is 3.97. The zero-order chi connectivity index (χ0) is 14.6. The van der Waals surface area contributed by atoms with Crippen LogP contribution in [0.3, 0.4) is 0 Å². The van der Waals surface area contributed by atoms with E-state index in [0.29, 0.717) is 0 Å². The van der Waals surface area contributed by atoms with E-state index >= 15 is 0 Å². The first kappa shape index (κ1) is 14.3. The summed E-state index contributed by atoms with van der Waals surface area (Å²) in [5.41, 5.74) is 5.47. The van der Waals surface area contributed by atoms with Crippen LogP contribution in [-0.2, 0) is 4.79 Å². The van der Waals surface area contributed by atoms with E-state index < -0.39 is 34.2 Å². The van der Waals surface area contributed by atoms with Crippen molar-refractivity contribution in [2.75, 3.05) is 0 Å². The number of alkyl halides is 3. The highest BCUT2D eigenvalue weighted by atomic mass is 19.4. The summed E-state index contributed by atoms with van der Waals surface area (Å²) in [5.74, 6) is -2.46. The molecule has 0 aliphatic rings. The van der Waals surface area contributed by atoms with Crippen LogP contribution in [0.4, 0.5) is 18.9 Å². The van der Waals surface area contributed by atoms with Crippen LogP contribution in [0.2, 0.25) is 0 Å². The lowest BCUT2D eigenvalue weighted by Gasteiger charge is -2.02. The minimum Gasteiger partial charge on any atom is -0.417 e. The van der Waals surface area contributed by atoms with Crippen LogP contribution >= 0.6 is 0 Å². The molecule has 0 N–H and O–H groups in total. The Morgan fingerprint density at radius 2 is 2.05 bits per heavy atom. The monoisotopic (exact) mass is 275 g/mol. The van der Waals surface area contributed by atoms with Crippen LogP contribution in [-0.4, -0.2) is 27.6 Å². The number of carbonyl (C=O) groups is 1. The van der Waals surface area contributed by atoms with Crippen molar-refractivity contribution < 1.29 is 32.4 Å². The van der Waals surface area contributed by atoms with Crippen molar-refractivity contribution in [1.29, 1.82) is 0 Å². The SMILES string of the molecule is [N-]=[N+]=C(C(=O)Oc1cccc([N+](=O)[O-])c1)C(F)(F)F. The van der Waals surface area contributed by atoms with Crippen molar-refractivity contribution in [3.63, 3.8) is 0 Å². The normalized spacial score (nSPS) is 10.5. The maximum atomic E-state index is 12.2. The maximum absolute atomic E-state index is 12.2. The number of hydrogen-bond acceptors (Lipinski definition) is 4. The van der Waals surface area contributed by atoms with Gasteiger partial charge < -0.3 is 10.3 Å². The summed E-state index contributed by atoms with van der Waals surface area (Å²) in [6.07, 6.45) is -5.20. The van der Waals surface area contributed by atoms with Crippen LogP contribution in [0, 0.1) is 10.1 Å². The number of ether oxygens (including phenoxy) is 1. The lowest BCUT2D eigenvalue weighted by molar-refractivity contribution is -0.384.